The van der Waals surface area contributed by atoms with Crippen molar-refractivity contribution in [1.29, 1.82) is 0 Å². The van der Waals surface area contributed by atoms with Crippen LogP contribution in [-0.4, -0.2) is 20.6 Å². The molecule has 5 nitrogen and oxygen atoms in total. The van der Waals surface area contributed by atoms with Crippen molar-refractivity contribution in [1.82, 2.24) is 9.55 Å². The van der Waals surface area contributed by atoms with E-state index in [1.807, 2.05) is 48.0 Å². The molecule has 0 aliphatic rings. The zero-order valence-corrected chi connectivity index (χ0v) is 12.7. The van der Waals surface area contributed by atoms with E-state index in [-0.39, 0.29) is 12.5 Å². The summed E-state index contributed by atoms with van der Waals surface area (Å²) in [4.78, 5) is 16.5. The number of hydrogen-bond acceptors (Lipinski definition) is 3. The molecule has 0 aliphatic heterocycles. The molecule has 0 radical (unpaired) electrons. The summed E-state index contributed by atoms with van der Waals surface area (Å²) in [5.74, 6) is -0.190. The van der Waals surface area contributed by atoms with E-state index in [1.165, 1.54) is 0 Å². The number of nitrogens with one attached hydrogen (secondary N) is 1. The molecule has 2 aromatic carbocycles. The van der Waals surface area contributed by atoms with Crippen molar-refractivity contribution >= 4 is 11.6 Å². The van der Waals surface area contributed by atoms with E-state index in [0.717, 1.165) is 16.8 Å². The molecule has 0 fully saturated rings. The molecule has 0 aliphatic carbocycles. The molecule has 0 unspecified atom stereocenters. The zero-order chi connectivity index (χ0) is 16.2. The highest BCUT2D eigenvalue weighted by Gasteiger charge is 2.09. The average molecular weight is 307 g/mol. The molecule has 3 aromatic rings. The van der Waals surface area contributed by atoms with Crippen molar-refractivity contribution in [3.8, 4) is 5.69 Å². The van der Waals surface area contributed by atoms with Gasteiger partial charge >= 0.3 is 0 Å². The van der Waals surface area contributed by atoms with Crippen molar-refractivity contribution in [2.24, 2.45) is 0 Å². The van der Waals surface area contributed by atoms with Gasteiger partial charge in [-0.05, 0) is 42.3 Å². The topological polar surface area (TPSA) is 67.2 Å². The highest BCUT2D eigenvalue weighted by molar-refractivity contribution is 6.05. The number of imidazole rings is 1. The molecule has 0 saturated carbocycles. The van der Waals surface area contributed by atoms with Gasteiger partial charge in [0.15, 0.2) is 0 Å². The molecular weight excluding hydrogens is 290 g/mol. The third-order valence-electron chi connectivity index (χ3n) is 3.64. The van der Waals surface area contributed by atoms with Gasteiger partial charge in [-0.15, -0.1) is 0 Å². The predicted molar refractivity (Wildman–Crippen MR) is 88.6 cm³/mol. The van der Waals surface area contributed by atoms with Crippen LogP contribution >= 0.6 is 0 Å². The summed E-state index contributed by atoms with van der Waals surface area (Å²) in [5, 5.41) is 12.1. The first-order chi connectivity index (χ1) is 11.2. The monoisotopic (exact) mass is 307 g/mol. The number of carbonyl (C=O) groups excluding carboxylic acids is 1. The first kappa shape index (κ1) is 15.0. The van der Waals surface area contributed by atoms with Crippen LogP contribution in [0.4, 0.5) is 5.69 Å². The maximum Gasteiger partial charge on any atom is 0.255 e. The van der Waals surface area contributed by atoms with Gasteiger partial charge in [0, 0.05) is 29.3 Å². The number of benzene rings is 2. The van der Waals surface area contributed by atoms with Gasteiger partial charge in [0.2, 0.25) is 0 Å². The SMILES string of the molecule is Cc1ccc(CO)cc1NC(=O)c1cccc(-n2ccnc2)c1. The van der Waals surface area contributed by atoms with E-state index in [0.29, 0.717) is 11.3 Å². The minimum absolute atomic E-state index is 0.0563. The fraction of sp³-hybridized carbons (Fsp3) is 0.111. The predicted octanol–water partition coefficient (Wildman–Crippen LogP) is 2.93. The highest BCUT2D eigenvalue weighted by atomic mass is 16.3. The van der Waals surface area contributed by atoms with Gasteiger partial charge in [-0.2, -0.15) is 0 Å². The number of aromatic nitrogens is 2. The minimum Gasteiger partial charge on any atom is -0.392 e. The molecule has 2 N–H and O–H groups in total. The second kappa shape index (κ2) is 6.46. The lowest BCUT2D eigenvalue weighted by Gasteiger charge is -2.11. The van der Waals surface area contributed by atoms with Crippen molar-refractivity contribution < 1.29 is 9.90 Å². The summed E-state index contributed by atoms with van der Waals surface area (Å²) >= 11 is 0. The molecule has 116 valence electrons. The molecule has 1 amide bonds. The summed E-state index contributed by atoms with van der Waals surface area (Å²) in [7, 11) is 0. The molecule has 1 heterocycles. The van der Waals surface area contributed by atoms with Crippen molar-refractivity contribution in [2.75, 3.05) is 5.32 Å². The number of amides is 1. The molecule has 3 rings (SSSR count). The quantitative estimate of drug-likeness (QED) is 0.779. The van der Waals surface area contributed by atoms with Crippen molar-refractivity contribution in [3.05, 3.63) is 77.9 Å². The molecular formula is C18H17N3O2. The molecule has 0 atom stereocenters. The standard InChI is InChI=1S/C18H17N3O2/c1-13-5-6-14(11-22)9-17(13)20-18(23)15-3-2-4-16(10-15)21-8-7-19-12-21/h2-10,12,22H,11H2,1H3,(H,20,23). The Balaban J connectivity index is 1.85. The molecule has 1 aromatic heterocycles. The van der Waals surface area contributed by atoms with E-state index in [4.69, 9.17) is 0 Å². The van der Waals surface area contributed by atoms with E-state index in [9.17, 15) is 9.90 Å². The third-order valence-corrected chi connectivity index (χ3v) is 3.64. The van der Waals surface area contributed by atoms with Gasteiger partial charge in [0.25, 0.3) is 5.91 Å². The van der Waals surface area contributed by atoms with E-state index < -0.39 is 0 Å². The lowest BCUT2D eigenvalue weighted by molar-refractivity contribution is 0.102. The Morgan fingerprint density at radius 2 is 2.13 bits per heavy atom. The highest BCUT2D eigenvalue weighted by Crippen LogP contribution is 2.19. The van der Waals surface area contributed by atoms with Crippen molar-refractivity contribution in [3.63, 3.8) is 0 Å². The second-order valence-electron chi connectivity index (χ2n) is 5.28. The minimum atomic E-state index is -0.190. The molecule has 23 heavy (non-hydrogen) atoms. The summed E-state index contributed by atoms with van der Waals surface area (Å²) in [5.41, 5.74) is 3.84. The van der Waals surface area contributed by atoms with Gasteiger partial charge in [-0.3, -0.25) is 4.79 Å². The van der Waals surface area contributed by atoms with Crippen LogP contribution in [0.1, 0.15) is 21.5 Å². The van der Waals surface area contributed by atoms with Gasteiger partial charge in [0.1, 0.15) is 0 Å². The third kappa shape index (κ3) is 3.30. The maximum absolute atomic E-state index is 12.5. The Bertz CT molecular complexity index is 826. The van der Waals surface area contributed by atoms with Gasteiger partial charge < -0.3 is 15.0 Å². The normalized spacial score (nSPS) is 10.5. The molecule has 0 saturated heterocycles. The summed E-state index contributed by atoms with van der Waals surface area (Å²) in [6.45, 7) is 1.86. The van der Waals surface area contributed by atoms with Crippen LogP contribution in [0, 0.1) is 6.92 Å². The average Bonchev–Trinajstić information content (AvgIpc) is 3.11. The summed E-state index contributed by atoms with van der Waals surface area (Å²) in [6, 6.07) is 12.8. The number of rotatable bonds is 4. The maximum atomic E-state index is 12.5. The first-order valence-electron chi connectivity index (χ1n) is 7.27. The van der Waals surface area contributed by atoms with Crippen LogP contribution < -0.4 is 5.32 Å². The number of aliphatic hydroxyl groups excluding tert-OH is 1. The number of aliphatic hydroxyl groups is 1. The Labute approximate surface area is 134 Å². The second-order valence-corrected chi connectivity index (χ2v) is 5.28. The van der Waals surface area contributed by atoms with E-state index >= 15 is 0 Å². The lowest BCUT2D eigenvalue weighted by atomic mass is 10.1. The zero-order valence-electron chi connectivity index (χ0n) is 12.7. The van der Waals surface area contributed by atoms with Crippen LogP contribution in [0.5, 0.6) is 0 Å². The number of carbonyl (C=O) groups is 1. The van der Waals surface area contributed by atoms with Gasteiger partial charge in [-0.1, -0.05) is 18.2 Å². The van der Waals surface area contributed by atoms with Crippen LogP contribution in [-0.2, 0) is 6.61 Å². The molecule has 0 bridgehead atoms. The van der Waals surface area contributed by atoms with Crippen LogP contribution in [0.2, 0.25) is 0 Å². The number of nitrogens with zero attached hydrogens (tertiary/aromatic N) is 2. The number of anilines is 1. The number of hydrogen-bond donors (Lipinski definition) is 2. The van der Waals surface area contributed by atoms with Gasteiger partial charge in [0.05, 0.1) is 12.9 Å². The Morgan fingerprint density at radius 1 is 1.26 bits per heavy atom. The van der Waals surface area contributed by atoms with Crippen LogP contribution in [0.15, 0.2) is 61.2 Å². The fourth-order valence-electron chi connectivity index (χ4n) is 2.32. The van der Waals surface area contributed by atoms with Crippen molar-refractivity contribution in [2.45, 2.75) is 13.5 Å². The molecule has 0 spiro atoms. The first-order valence-corrected chi connectivity index (χ1v) is 7.27. The summed E-state index contributed by atoms with van der Waals surface area (Å²) < 4.78 is 1.84. The lowest BCUT2D eigenvalue weighted by Crippen LogP contribution is -2.13. The van der Waals surface area contributed by atoms with Crippen LogP contribution in [0.3, 0.4) is 0 Å². The Kier molecular flexibility index (Phi) is 4.21. The fourth-order valence-corrected chi connectivity index (χ4v) is 2.32. The Morgan fingerprint density at radius 3 is 2.87 bits per heavy atom. The van der Waals surface area contributed by atoms with Gasteiger partial charge in [-0.25, -0.2) is 4.98 Å². The Hall–Kier alpha value is -2.92. The van der Waals surface area contributed by atoms with E-state index in [2.05, 4.69) is 10.3 Å². The van der Waals surface area contributed by atoms with Crippen LogP contribution in [0.25, 0.3) is 5.69 Å². The summed E-state index contributed by atoms with van der Waals surface area (Å²) in [6.07, 6.45) is 5.20. The smallest absolute Gasteiger partial charge is 0.255 e. The number of aryl methyl sites for hydroxylation is 1. The molecule has 5 heteroatoms. The van der Waals surface area contributed by atoms with E-state index in [1.54, 1.807) is 24.7 Å². The largest absolute Gasteiger partial charge is 0.392 e.